The van der Waals surface area contributed by atoms with Gasteiger partial charge in [0.05, 0.1) is 24.4 Å². The van der Waals surface area contributed by atoms with Crippen LogP contribution in [0.1, 0.15) is 67.9 Å². The zero-order valence-corrected chi connectivity index (χ0v) is 20.4. The van der Waals surface area contributed by atoms with Crippen molar-refractivity contribution >= 4 is 6.08 Å². The van der Waals surface area contributed by atoms with E-state index in [0.717, 1.165) is 5.56 Å². The first-order valence-corrected chi connectivity index (χ1v) is 11.2. The Morgan fingerprint density at radius 1 is 0.867 bits per heavy atom. The van der Waals surface area contributed by atoms with Gasteiger partial charge in [0.25, 0.3) is 0 Å². The van der Waals surface area contributed by atoms with Crippen LogP contribution in [0.25, 0.3) is 6.08 Å². The van der Waals surface area contributed by atoms with Gasteiger partial charge in [0.1, 0.15) is 12.2 Å². The molecule has 1 saturated heterocycles. The maximum atomic E-state index is 6.37. The molecule has 170 valence electrons. The fourth-order valence-electron chi connectivity index (χ4n) is 2.88. The van der Waals surface area contributed by atoms with Gasteiger partial charge in [-0.1, -0.05) is 64.1 Å². The molecule has 2 rings (SSSR count). The Labute approximate surface area is 183 Å². The maximum Gasteiger partial charge on any atom is 0.186 e. The van der Waals surface area contributed by atoms with Crippen LogP contribution in [-0.4, -0.2) is 42.4 Å². The fraction of sp³-hybridized carbons (Fsp3) is 0.692. The van der Waals surface area contributed by atoms with Crippen molar-refractivity contribution in [2.45, 2.75) is 91.5 Å². The molecule has 1 heterocycles. The average Bonchev–Trinajstić information content (AvgIpc) is 3.00. The highest BCUT2D eigenvalue weighted by Crippen LogP contribution is 2.33. The first-order chi connectivity index (χ1) is 13.8. The van der Waals surface area contributed by atoms with Gasteiger partial charge in [-0.05, 0) is 58.1 Å². The molecule has 0 bridgehead atoms. The van der Waals surface area contributed by atoms with Crippen LogP contribution in [0.2, 0.25) is 0 Å². The van der Waals surface area contributed by atoms with Crippen LogP contribution in [0.15, 0.2) is 36.4 Å². The predicted molar refractivity (Wildman–Crippen MR) is 123 cm³/mol. The molecule has 0 unspecified atom stereocenters. The Kier molecular flexibility index (Phi) is 8.31. The second-order valence-corrected chi connectivity index (χ2v) is 10.2. The van der Waals surface area contributed by atoms with Crippen LogP contribution in [0.4, 0.5) is 0 Å². The summed E-state index contributed by atoms with van der Waals surface area (Å²) in [5, 5.41) is 0. The van der Waals surface area contributed by atoms with Gasteiger partial charge < -0.3 is 18.9 Å². The molecule has 4 nitrogen and oxygen atoms in total. The van der Waals surface area contributed by atoms with E-state index in [1.807, 2.05) is 37.3 Å². The summed E-state index contributed by atoms with van der Waals surface area (Å²) in [5.74, 6) is -0.0144. The lowest BCUT2D eigenvalue weighted by molar-refractivity contribution is -0.144. The van der Waals surface area contributed by atoms with Gasteiger partial charge in [0, 0.05) is 0 Å². The topological polar surface area (TPSA) is 36.9 Å². The standard InChI is InChI=1S/C26H42O4/c1-19(2)24(5,6)27-17-22-23(18-28-25(7,8)20(3)4)30-26(9,29-22)16-15-21-13-11-10-12-14-21/h10-16,19-20,22-23H,17-18H2,1-9H3/b16-15+/t22-,23-/m0/s1. The minimum atomic E-state index is -0.818. The molecule has 0 aliphatic carbocycles. The van der Waals surface area contributed by atoms with Gasteiger partial charge in [-0.15, -0.1) is 0 Å². The molecule has 0 amide bonds. The minimum Gasteiger partial charge on any atom is -0.373 e. The molecular weight excluding hydrogens is 376 g/mol. The van der Waals surface area contributed by atoms with Crippen molar-refractivity contribution in [1.29, 1.82) is 0 Å². The summed E-state index contributed by atoms with van der Waals surface area (Å²) in [6.45, 7) is 20.1. The molecule has 1 aliphatic heterocycles. The van der Waals surface area contributed by atoms with Crippen LogP contribution in [0, 0.1) is 11.8 Å². The molecular formula is C26H42O4. The molecule has 1 fully saturated rings. The maximum absolute atomic E-state index is 6.37. The van der Waals surface area contributed by atoms with Crippen molar-refractivity contribution in [1.82, 2.24) is 0 Å². The molecule has 1 aromatic rings. The highest BCUT2D eigenvalue weighted by atomic mass is 16.8. The Morgan fingerprint density at radius 2 is 1.30 bits per heavy atom. The second kappa shape index (κ2) is 9.95. The normalized spacial score (nSPS) is 22.5. The van der Waals surface area contributed by atoms with Crippen molar-refractivity contribution in [2.75, 3.05) is 13.2 Å². The monoisotopic (exact) mass is 418 g/mol. The molecule has 0 N–H and O–H groups in total. The summed E-state index contributed by atoms with van der Waals surface area (Å²) in [6, 6.07) is 10.2. The van der Waals surface area contributed by atoms with E-state index in [-0.39, 0.29) is 23.4 Å². The highest BCUT2D eigenvalue weighted by Gasteiger charge is 2.44. The SMILES string of the molecule is CC(C)C(C)(C)OC[C@@H]1OC(C)(/C=C/c2ccccc2)O[C@H]1COC(C)(C)C(C)C. The lowest BCUT2D eigenvalue weighted by Gasteiger charge is -2.33. The summed E-state index contributed by atoms with van der Waals surface area (Å²) in [7, 11) is 0. The molecule has 0 aromatic heterocycles. The lowest BCUT2D eigenvalue weighted by Crippen LogP contribution is -2.41. The van der Waals surface area contributed by atoms with E-state index in [2.05, 4.69) is 67.5 Å². The van der Waals surface area contributed by atoms with Crippen LogP contribution >= 0.6 is 0 Å². The smallest absolute Gasteiger partial charge is 0.186 e. The number of rotatable bonds is 10. The summed E-state index contributed by atoms with van der Waals surface area (Å²) in [4.78, 5) is 0. The van der Waals surface area contributed by atoms with E-state index in [0.29, 0.717) is 25.0 Å². The fourth-order valence-corrected chi connectivity index (χ4v) is 2.88. The zero-order chi connectivity index (χ0) is 22.6. The van der Waals surface area contributed by atoms with Crippen molar-refractivity contribution in [2.24, 2.45) is 11.8 Å². The molecule has 1 aromatic carbocycles. The van der Waals surface area contributed by atoms with Gasteiger partial charge in [0.2, 0.25) is 0 Å². The highest BCUT2D eigenvalue weighted by molar-refractivity contribution is 5.49. The Hall–Kier alpha value is -1.20. The van der Waals surface area contributed by atoms with Gasteiger partial charge in [-0.3, -0.25) is 0 Å². The number of ether oxygens (including phenoxy) is 4. The van der Waals surface area contributed by atoms with Gasteiger partial charge in [-0.25, -0.2) is 0 Å². The Balaban J connectivity index is 2.12. The Morgan fingerprint density at radius 3 is 1.70 bits per heavy atom. The Bertz CT molecular complexity index is 644. The molecule has 2 atom stereocenters. The number of benzene rings is 1. The van der Waals surface area contributed by atoms with Crippen molar-refractivity contribution in [3.63, 3.8) is 0 Å². The van der Waals surface area contributed by atoms with E-state index < -0.39 is 5.79 Å². The lowest BCUT2D eigenvalue weighted by atomic mass is 9.94. The molecule has 0 radical (unpaired) electrons. The van der Waals surface area contributed by atoms with E-state index in [4.69, 9.17) is 18.9 Å². The second-order valence-electron chi connectivity index (χ2n) is 10.2. The van der Waals surface area contributed by atoms with E-state index in [1.165, 1.54) is 0 Å². The molecule has 0 saturated carbocycles. The summed E-state index contributed by atoms with van der Waals surface area (Å²) >= 11 is 0. The third kappa shape index (κ3) is 6.91. The molecule has 30 heavy (non-hydrogen) atoms. The third-order valence-corrected chi connectivity index (χ3v) is 6.58. The molecule has 0 spiro atoms. The van der Waals surface area contributed by atoms with Crippen LogP contribution in [0.5, 0.6) is 0 Å². The first kappa shape index (κ1) is 25.1. The molecule has 1 aliphatic rings. The van der Waals surface area contributed by atoms with E-state index in [1.54, 1.807) is 0 Å². The van der Waals surface area contributed by atoms with Crippen molar-refractivity contribution in [3.8, 4) is 0 Å². The van der Waals surface area contributed by atoms with Crippen molar-refractivity contribution < 1.29 is 18.9 Å². The van der Waals surface area contributed by atoms with E-state index in [9.17, 15) is 0 Å². The van der Waals surface area contributed by atoms with Crippen molar-refractivity contribution in [3.05, 3.63) is 42.0 Å². The van der Waals surface area contributed by atoms with Crippen LogP contribution in [0.3, 0.4) is 0 Å². The first-order valence-electron chi connectivity index (χ1n) is 11.2. The minimum absolute atomic E-state index is 0.198. The largest absolute Gasteiger partial charge is 0.373 e. The number of hydrogen-bond donors (Lipinski definition) is 0. The predicted octanol–water partition coefficient (Wildman–Crippen LogP) is 6.10. The zero-order valence-electron chi connectivity index (χ0n) is 20.4. The summed E-state index contributed by atoms with van der Waals surface area (Å²) < 4.78 is 25.3. The summed E-state index contributed by atoms with van der Waals surface area (Å²) in [5.41, 5.74) is 0.649. The summed E-state index contributed by atoms with van der Waals surface area (Å²) in [6.07, 6.45) is 3.63. The number of hydrogen-bond acceptors (Lipinski definition) is 4. The third-order valence-electron chi connectivity index (χ3n) is 6.58. The quantitative estimate of drug-likeness (QED) is 0.460. The van der Waals surface area contributed by atoms with Gasteiger partial charge in [-0.2, -0.15) is 0 Å². The van der Waals surface area contributed by atoms with Crippen LogP contribution in [-0.2, 0) is 18.9 Å². The average molecular weight is 419 g/mol. The molecule has 4 heteroatoms. The van der Waals surface area contributed by atoms with E-state index >= 15 is 0 Å². The van der Waals surface area contributed by atoms with Gasteiger partial charge in [0.15, 0.2) is 5.79 Å². The van der Waals surface area contributed by atoms with Gasteiger partial charge >= 0.3 is 0 Å². The van der Waals surface area contributed by atoms with Crippen LogP contribution < -0.4 is 0 Å².